The lowest BCUT2D eigenvalue weighted by atomic mass is 10.0. The van der Waals surface area contributed by atoms with Gasteiger partial charge in [-0.25, -0.2) is 0 Å². The lowest BCUT2D eigenvalue weighted by Gasteiger charge is -2.20. The van der Waals surface area contributed by atoms with Crippen molar-refractivity contribution in [2.24, 2.45) is 0 Å². The van der Waals surface area contributed by atoms with Crippen LogP contribution in [0.2, 0.25) is 0 Å². The summed E-state index contributed by atoms with van der Waals surface area (Å²) in [7, 11) is 0. The van der Waals surface area contributed by atoms with E-state index in [2.05, 4.69) is 31.3 Å². The van der Waals surface area contributed by atoms with Crippen molar-refractivity contribution in [1.29, 1.82) is 0 Å². The minimum Gasteiger partial charge on any atom is -0.466 e. The number of aliphatic hydroxyl groups is 2. The molecule has 6 heteroatoms. The number of esters is 1. The van der Waals surface area contributed by atoms with Crippen LogP contribution in [0.25, 0.3) is 0 Å². The molecule has 0 aliphatic heterocycles. The SMILES string of the molecule is CCCCC/C=C\CCCCCCCC(=O)OCCCCCCCCCCCCCCCCCCCCCCCC(=O)NC(CO)C(O)/C=C/CCCCCCCCCCCCCCC. The third kappa shape index (κ3) is 51.6. The Morgan fingerprint density at radius 2 is 0.723 bits per heavy atom. The van der Waals surface area contributed by atoms with Crippen LogP contribution in [0, 0.1) is 0 Å². The lowest BCUT2D eigenvalue weighted by Crippen LogP contribution is -2.45. The summed E-state index contributed by atoms with van der Waals surface area (Å²) in [6.07, 6.45) is 66.3. The molecule has 0 bridgehead atoms. The average Bonchev–Trinajstić information content (AvgIpc) is 3.31. The van der Waals surface area contributed by atoms with Crippen LogP contribution < -0.4 is 5.32 Å². The molecule has 3 N–H and O–H groups in total. The molecule has 6 nitrogen and oxygen atoms in total. The van der Waals surface area contributed by atoms with E-state index in [0.29, 0.717) is 19.4 Å². The minimum atomic E-state index is -0.844. The van der Waals surface area contributed by atoms with E-state index in [-0.39, 0.29) is 18.5 Å². The molecule has 0 aromatic rings. The van der Waals surface area contributed by atoms with Gasteiger partial charge in [-0.05, 0) is 57.8 Å². The number of hydrogen-bond donors (Lipinski definition) is 3. The molecule has 0 aromatic carbocycles. The molecule has 0 aliphatic carbocycles. The van der Waals surface area contributed by atoms with Gasteiger partial charge in [0, 0.05) is 12.8 Å². The van der Waals surface area contributed by atoms with Gasteiger partial charge in [-0.3, -0.25) is 9.59 Å². The fraction of sp³-hybridized carbons (Fsp3) is 0.898. The molecule has 0 spiro atoms. The van der Waals surface area contributed by atoms with Gasteiger partial charge < -0.3 is 20.3 Å². The van der Waals surface area contributed by atoms with Crippen LogP contribution in [-0.2, 0) is 14.3 Å². The highest BCUT2D eigenvalue weighted by Gasteiger charge is 2.18. The number of rotatable bonds is 54. The monoisotopic (exact) mass is 916 g/mol. The second-order valence-electron chi connectivity index (χ2n) is 20.0. The fourth-order valence-corrected chi connectivity index (χ4v) is 8.98. The summed E-state index contributed by atoms with van der Waals surface area (Å²) >= 11 is 0. The van der Waals surface area contributed by atoms with Crippen molar-refractivity contribution in [3.63, 3.8) is 0 Å². The number of ether oxygens (including phenoxy) is 1. The highest BCUT2D eigenvalue weighted by molar-refractivity contribution is 5.76. The standard InChI is InChI=1S/C59H113NO5/c1-3-5-7-9-11-13-15-17-25-28-31-35-39-43-47-51-57(62)56(55-61)60-58(63)52-48-44-40-36-32-29-26-23-21-19-18-20-22-24-27-30-34-38-42-46-50-54-65-59(64)53-49-45-41-37-33-16-14-12-10-8-6-4-2/h12,14,47,51,56-57,61-62H,3-11,13,15-46,48-50,52-55H2,1-2H3,(H,60,63)/b14-12-,51-47+. The van der Waals surface area contributed by atoms with Crippen molar-refractivity contribution in [3.05, 3.63) is 24.3 Å². The Bertz CT molecular complexity index is 1010. The Balaban J connectivity index is 3.41. The Labute approximate surface area is 405 Å². The highest BCUT2D eigenvalue weighted by atomic mass is 16.5. The first kappa shape index (κ1) is 63.3. The summed E-state index contributed by atoms with van der Waals surface area (Å²) in [5.41, 5.74) is 0. The van der Waals surface area contributed by atoms with Gasteiger partial charge in [0.05, 0.1) is 25.4 Å². The van der Waals surface area contributed by atoms with E-state index < -0.39 is 12.1 Å². The first-order chi connectivity index (χ1) is 32.0. The molecular formula is C59H113NO5. The van der Waals surface area contributed by atoms with E-state index in [1.165, 1.54) is 244 Å². The molecule has 2 unspecified atom stereocenters. The number of nitrogens with one attached hydrogen (secondary N) is 1. The van der Waals surface area contributed by atoms with Crippen molar-refractivity contribution in [2.45, 2.75) is 328 Å². The fourth-order valence-electron chi connectivity index (χ4n) is 8.98. The average molecular weight is 917 g/mol. The third-order valence-corrected chi connectivity index (χ3v) is 13.5. The second kappa shape index (κ2) is 54.9. The summed E-state index contributed by atoms with van der Waals surface area (Å²) in [6, 6.07) is -0.628. The Morgan fingerprint density at radius 1 is 0.415 bits per heavy atom. The number of carbonyl (C=O) groups excluding carboxylic acids is 2. The zero-order valence-electron chi connectivity index (χ0n) is 43.7. The van der Waals surface area contributed by atoms with Gasteiger partial charge in [0.1, 0.15) is 0 Å². The van der Waals surface area contributed by atoms with E-state index in [0.717, 1.165) is 44.9 Å². The van der Waals surface area contributed by atoms with Gasteiger partial charge in [-0.2, -0.15) is 0 Å². The van der Waals surface area contributed by atoms with Crippen molar-refractivity contribution < 1.29 is 24.5 Å². The van der Waals surface area contributed by atoms with Crippen LogP contribution in [0.5, 0.6) is 0 Å². The van der Waals surface area contributed by atoms with Crippen LogP contribution in [0.4, 0.5) is 0 Å². The van der Waals surface area contributed by atoms with E-state index in [1.54, 1.807) is 6.08 Å². The van der Waals surface area contributed by atoms with E-state index in [4.69, 9.17) is 4.74 Å². The molecule has 0 rings (SSSR count). The number of amides is 1. The molecule has 0 aliphatic rings. The molecule has 0 saturated heterocycles. The topological polar surface area (TPSA) is 95.9 Å². The maximum atomic E-state index is 12.5. The van der Waals surface area contributed by atoms with E-state index >= 15 is 0 Å². The van der Waals surface area contributed by atoms with Crippen LogP contribution in [0.1, 0.15) is 316 Å². The second-order valence-corrected chi connectivity index (χ2v) is 20.0. The maximum absolute atomic E-state index is 12.5. The summed E-state index contributed by atoms with van der Waals surface area (Å²) in [6.45, 7) is 4.88. The summed E-state index contributed by atoms with van der Waals surface area (Å²) in [5.74, 6) is -0.0665. The third-order valence-electron chi connectivity index (χ3n) is 13.5. The quantitative estimate of drug-likeness (QED) is 0.0321. The predicted molar refractivity (Wildman–Crippen MR) is 283 cm³/mol. The number of unbranched alkanes of at least 4 members (excludes halogenated alkanes) is 41. The van der Waals surface area contributed by atoms with Gasteiger partial charge in [0.2, 0.25) is 5.91 Å². The van der Waals surface area contributed by atoms with Gasteiger partial charge >= 0.3 is 5.97 Å². The van der Waals surface area contributed by atoms with Crippen molar-refractivity contribution in [3.8, 4) is 0 Å². The first-order valence-corrected chi connectivity index (χ1v) is 29.1. The van der Waals surface area contributed by atoms with Gasteiger partial charge in [-0.15, -0.1) is 0 Å². The predicted octanol–water partition coefficient (Wildman–Crippen LogP) is 17.9. The van der Waals surface area contributed by atoms with Crippen molar-refractivity contribution in [2.75, 3.05) is 13.2 Å². The lowest BCUT2D eigenvalue weighted by molar-refractivity contribution is -0.143. The van der Waals surface area contributed by atoms with Crippen LogP contribution in [0.15, 0.2) is 24.3 Å². The number of aliphatic hydroxyl groups excluding tert-OH is 2. The molecule has 384 valence electrons. The van der Waals surface area contributed by atoms with Crippen LogP contribution in [-0.4, -0.2) is 47.4 Å². The molecule has 0 aromatic heterocycles. The molecule has 0 heterocycles. The number of allylic oxidation sites excluding steroid dienone is 3. The smallest absolute Gasteiger partial charge is 0.305 e. The van der Waals surface area contributed by atoms with Crippen molar-refractivity contribution >= 4 is 11.9 Å². The van der Waals surface area contributed by atoms with E-state index in [9.17, 15) is 19.8 Å². The van der Waals surface area contributed by atoms with Crippen molar-refractivity contribution in [1.82, 2.24) is 5.32 Å². The zero-order valence-corrected chi connectivity index (χ0v) is 43.7. The van der Waals surface area contributed by atoms with Crippen LogP contribution >= 0.6 is 0 Å². The largest absolute Gasteiger partial charge is 0.466 e. The molecule has 0 radical (unpaired) electrons. The molecular weight excluding hydrogens is 803 g/mol. The Hall–Kier alpha value is -1.66. The maximum Gasteiger partial charge on any atom is 0.305 e. The Kier molecular flexibility index (Phi) is 53.5. The number of carbonyl (C=O) groups is 2. The zero-order chi connectivity index (χ0) is 47.2. The summed E-state index contributed by atoms with van der Waals surface area (Å²) in [5, 5.41) is 23.1. The van der Waals surface area contributed by atoms with Gasteiger partial charge in [-0.1, -0.05) is 269 Å². The first-order valence-electron chi connectivity index (χ1n) is 29.1. The molecule has 0 fully saturated rings. The van der Waals surface area contributed by atoms with Gasteiger partial charge in [0.15, 0.2) is 0 Å². The van der Waals surface area contributed by atoms with E-state index in [1.807, 2.05) is 6.08 Å². The molecule has 2 atom stereocenters. The molecule has 1 amide bonds. The summed E-state index contributed by atoms with van der Waals surface area (Å²) < 4.78 is 5.46. The minimum absolute atomic E-state index is 0.00132. The number of hydrogen-bond acceptors (Lipinski definition) is 5. The molecule has 0 saturated carbocycles. The normalized spacial score (nSPS) is 12.7. The summed E-state index contributed by atoms with van der Waals surface area (Å²) in [4.78, 5) is 24.5. The molecule has 65 heavy (non-hydrogen) atoms. The van der Waals surface area contributed by atoms with Gasteiger partial charge in [0.25, 0.3) is 0 Å². The Morgan fingerprint density at radius 3 is 1.12 bits per heavy atom. The van der Waals surface area contributed by atoms with Crippen LogP contribution in [0.3, 0.4) is 0 Å². The highest BCUT2D eigenvalue weighted by Crippen LogP contribution is 2.17.